The third-order valence-corrected chi connectivity index (χ3v) is 14.3. The van der Waals surface area contributed by atoms with Gasteiger partial charge in [0.2, 0.25) is 0 Å². The van der Waals surface area contributed by atoms with Crippen molar-refractivity contribution in [2.75, 3.05) is 0 Å². The van der Waals surface area contributed by atoms with Crippen LogP contribution in [0.3, 0.4) is 0 Å². The van der Waals surface area contributed by atoms with E-state index < -0.39 is 0 Å². The molecule has 0 spiro atoms. The van der Waals surface area contributed by atoms with E-state index in [0.717, 1.165) is 49.9 Å². The normalized spacial score (nSPS) is 13.3. The van der Waals surface area contributed by atoms with Crippen molar-refractivity contribution in [2.45, 2.75) is 19.3 Å². The fourth-order valence-electron chi connectivity index (χ4n) is 11.3. The van der Waals surface area contributed by atoms with Crippen LogP contribution in [0.15, 0.2) is 211 Å². The molecule has 0 aliphatic heterocycles. The number of rotatable bonds is 4. The molecular formula is C61H40N2O. The first kappa shape index (κ1) is 35.5. The number of furan rings is 1. The number of fused-ring (bicyclic) bond motifs is 13. The van der Waals surface area contributed by atoms with E-state index in [-0.39, 0.29) is 5.41 Å². The third kappa shape index (κ3) is 4.81. The van der Waals surface area contributed by atoms with Crippen molar-refractivity contribution in [1.82, 2.24) is 9.13 Å². The van der Waals surface area contributed by atoms with E-state index in [1.54, 1.807) is 0 Å². The van der Waals surface area contributed by atoms with Crippen LogP contribution in [0.25, 0.3) is 121 Å². The molecule has 1 aliphatic rings. The molecule has 0 radical (unpaired) electrons. The lowest BCUT2D eigenvalue weighted by Gasteiger charge is -2.22. The maximum atomic E-state index is 6.61. The predicted molar refractivity (Wildman–Crippen MR) is 268 cm³/mol. The summed E-state index contributed by atoms with van der Waals surface area (Å²) in [4.78, 5) is 0. The second-order valence-corrected chi connectivity index (χ2v) is 18.0. The molecule has 3 heteroatoms. The Morgan fingerprint density at radius 2 is 0.938 bits per heavy atom. The molecule has 0 N–H and O–H groups in total. The van der Waals surface area contributed by atoms with Crippen molar-refractivity contribution in [3.63, 3.8) is 0 Å². The molecule has 3 heterocycles. The Balaban J connectivity index is 1.03. The Morgan fingerprint density at radius 3 is 1.78 bits per heavy atom. The number of nitrogens with zero attached hydrogens (tertiary/aromatic N) is 2. The summed E-state index contributed by atoms with van der Waals surface area (Å²) in [5, 5.41) is 9.66. The lowest BCUT2D eigenvalue weighted by atomic mass is 9.82. The SMILES string of the molecule is CC1(C)c2ccccc2-c2cc3c4ccccc4n(-c4cc(-c5ccc6c(c5)c5ccccc5n6-c5cccc6c5oc5ccccc56)ccc4-c4cccc5ccccc45)c3cc21. The zero-order valence-corrected chi connectivity index (χ0v) is 35.4. The van der Waals surface area contributed by atoms with Crippen LogP contribution in [0, 0.1) is 0 Å². The second kappa shape index (κ2) is 12.9. The van der Waals surface area contributed by atoms with E-state index >= 15 is 0 Å². The van der Waals surface area contributed by atoms with E-state index in [0.29, 0.717) is 0 Å². The zero-order chi connectivity index (χ0) is 42.3. The van der Waals surface area contributed by atoms with Gasteiger partial charge in [-0.15, -0.1) is 0 Å². The molecule has 0 saturated carbocycles. The highest BCUT2D eigenvalue weighted by Gasteiger charge is 2.36. The molecular weight excluding hydrogens is 777 g/mol. The summed E-state index contributed by atoms with van der Waals surface area (Å²) >= 11 is 0. The molecule has 0 fully saturated rings. The lowest BCUT2D eigenvalue weighted by Crippen LogP contribution is -2.15. The van der Waals surface area contributed by atoms with Crippen LogP contribution in [0.1, 0.15) is 25.0 Å². The van der Waals surface area contributed by atoms with Crippen molar-refractivity contribution in [1.29, 1.82) is 0 Å². The first-order valence-electron chi connectivity index (χ1n) is 22.3. The van der Waals surface area contributed by atoms with Crippen molar-refractivity contribution >= 4 is 76.3 Å². The monoisotopic (exact) mass is 816 g/mol. The van der Waals surface area contributed by atoms with Gasteiger partial charge in [0.1, 0.15) is 5.58 Å². The van der Waals surface area contributed by atoms with E-state index in [1.165, 1.54) is 82.3 Å². The topological polar surface area (TPSA) is 23.0 Å². The maximum absolute atomic E-state index is 6.61. The Bertz CT molecular complexity index is 4110. The Labute approximate surface area is 369 Å². The molecule has 0 unspecified atom stereocenters. The molecule has 0 saturated heterocycles. The van der Waals surface area contributed by atoms with Crippen LogP contribution in [-0.4, -0.2) is 9.13 Å². The Hall–Kier alpha value is -8.14. The van der Waals surface area contributed by atoms with Crippen LogP contribution in [0.4, 0.5) is 0 Å². The molecule has 10 aromatic carbocycles. The summed E-state index contributed by atoms with van der Waals surface area (Å²) in [7, 11) is 0. The van der Waals surface area contributed by atoms with Crippen molar-refractivity contribution in [2.24, 2.45) is 0 Å². The first-order chi connectivity index (χ1) is 31.5. The Morgan fingerprint density at radius 1 is 0.344 bits per heavy atom. The summed E-state index contributed by atoms with van der Waals surface area (Å²) in [5.74, 6) is 0. The molecule has 0 amide bonds. The van der Waals surface area contributed by atoms with Gasteiger partial charge in [-0.2, -0.15) is 0 Å². The number of benzene rings is 10. The highest BCUT2D eigenvalue weighted by atomic mass is 16.3. The van der Waals surface area contributed by atoms with E-state index in [9.17, 15) is 0 Å². The molecule has 0 bridgehead atoms. The largest absolute Gasteiger partial charge is 0.454 e. The van der Waals surface area contributed by atoms with Crippen LogP contribution >= 0.6 is 0 Å². The molecule has 13 aromatic rings. The summed E-state index contributed by atoms with van der Waals surface area (Å²) < 4.78 is 11.5. The van der Waals surface area contributed by atoms with Gasteiger partial charge in [0, 0.05) is 43.3 Å². The lowest BCUT2D eigenvalue weighted by molar-refractivity contribution is 0.661. The van der Waals surface area contributed by atoms with Crippen LogP contribution in [0.5, 0.6) is 0 Å². The fourth-order valence-corrected chi connectivity index (χ4v) is 11.3. The van der Waals surface area contributed by atoms with Gasteiger partial charge in [0.15, 0.2) is 5.58 Å². The average molecular weight is 817 g/mol. The minimum Gasteiger partial charge on any atom is -0.454 e. The molecule has 0 atom stereocenters. The number of aromatic nitrogens is 2. The standard InChI is InChI=1S/C61H40N2O/c1-61(2)51-24-9-5-18-42(51)48-35-50-44-20-7-11-26-54(44)63(58(50)36-52(48)61)57-34-39(29-31-45(57)41-22-13-16-37-15-3-4-17-40(37)41)38-30-32-55-49(33-38)43-19-6-10-25-53(43)62(55)56-27-14-23-47-46-21-8-12-28-59(46)64-60(47)56/h3-36H,1-2H3. The van der Waals surface area contributed by atoms with Gasteiger partial charge >= 0.3 is 0 Å². The number of hydrogen-bond acceptors (Lipinski definition) is 1. The maximum Gasteiger partial charge on any atom is 0.159 e. The average Bonchev–Trinajstić information content (AvgIpc) is 4.05. The third-order valence-electron chi connectivity index (χ3n) is 14.3. The highest BCUT2D eigenvalue weighted by molar-refractivity contribution is 6.15. The summed E-state index contributed by atoms with van der Waals surface area (Å²) in [6.07, 6.45) is 0. The Kier molecular flexibility index (Phi) is 7.17. The van der Waals surface area contributed by atoms with Gasteiger partial charge in [-0.25, -0.2) is 0 Å². The van der Waals surface area contributed by atoms with Gasteiger partial charge in [0.25, 0.3) is 0 Å². The summed E-state index contributed by atoms with van der Waals surface area (Å²) in [6.45, 7) is 4.76. The van der Waals surface area contributed by atoms with Crippen LogP contribution in [0.2, 0.25) is 0 Å². The van der Waals surface area contributed by atoms with Gasteiger partial charge in [0.05, 0.1) is 33.4 Å². The predicted octanol–water partition coefficient (Wildman–Crippen LogP) is 16.6. The number of hydrogen-bond donors (Lipinski definition) is 0. The summed E-state index contributed by atoms with van der Waals surface area (Å²) in [6, 6.07) is 76.0. The molecule has 64 heavy (non-hydrogen) atoms. The smallest absolute Gasteiger partial charge is 0.159 e. The van der Waals surface area contributed by atoms with Gasteiger partial charge in [-0.1, -0.05) is 166 Å². The van der Waals surface area contributed by atoms with Crippen molar-refractivity contribution in [3.05, 3.63) is 217 Å². The highest BCUT2D eigenvalue weighted by Crippen LogP contribution is 2.52. The van der Waals surface area contributed by atoms with Crippen molar-refractivity contribution in [3.8, 4) is 44.8 Å². The quantitative estimate of drug-likeness (QED) is 0.173. The zero-order valence-electron chi connectivity index (χ0n) is 35.4. The van der Waals surface area contributed by atoms with Gasteiger partial charge in [-0.3, -0.25) is 0 Å². The minimum absolute atomic E-state index is 0.133. The van der Waals surface area contributed by atoms with Gasteiger partial charge < -0.3 is 13.6 Å². The van der Waals surface area contributed by atoms with Crippen LogP contribution < -0.4 is 0 Å². The van der Waals surface area contributed by atoms with Crippen LogP contribution in [-0.2, 0) is 5.41 Å². The molecule has 14 rings (SSSR count). The molecule has 1 aliphatic carbocycles. The second-order valence-electron chi connectivity index (χ2n) is 18.0. The van der Waals surface area contributed by atoms with E-state index in [1.807, 2.05) is 6.07 Å². The van der Waals surface area contributed by atoms with E-state index in [4.69, 9.17) is 4.42 Å². The van der Waals surface area contributed by atoms with Crippen molar-refractivity contribution < 1.29 is 4.42 Å². The minimum atomic E-state index is -0.133. The van der Waals surface area contributed by atoms with E-state index in [2.05, 4.69) is 223 Å². The molecule has 3 nitrogen and oxygen atoms in total. The van der Waals surface area contributed by atoms with Gasteiger partial charge in [-0.05, 0) is 104 Å². The first-order valence-corrected chi connectivity index (χ1v) is 22.3. The summed E-state index contributed by atoms with van der Waals surface area (Å²) in [5.41, 5.74) is 18.8. The number of para-hydroxylation sites is 4. The fraction of sp³-hybridized carbons (Fsp3) is 0.0492. The molecule has 300 valence electrons. The molecule has 3 aromatic heterocycles.